The minimum absolute atomic E-state index is 0.00383. The average molecular weight is 879 g/mol. The Morgan fingerprint density at radius 1 is 0.918 bits per heavy atom. The van der Waals surface area contributed by atoms with Crippen molar-refractivity contribution in [1.82, 2.24) is 20.5 Å². The van der Waals surface area contributed by atoms with Crippen LogP contribution in [0.1, 0.15) is 84.7 Å². The van der Waals surface area contributed by atoms with E-state index >= 15 is 0 Å². The summed E-state index contributed by atoms with van der Waals surface area (Å²) in [5.41, 5.74) is -0.200. The number of esters is 2. The summed E-state index contributed by atoms with van der Waals surface area (Å²) in [7, 11) is 0. The molecule has 19 heteroatoms. The van der Waals surface area contributed by atoms with Crippen LogP contribution >= 0.6 is 23.1 Å². The van der Waals surface area contributed by atoms with Crippen molar-refractivity contribution in [3.8, 4) is 0 Å². The molecule has 3 N–H and O–H groups in total. The largest absolute Gasteiger partial charge is 0.461 e. The molecule has 17 nitrogen and oxygen atoms in total. The Kier molecular flexibility index (Phi) is 15.2. The fourth-order valence-electron chi connectivity index (χ4n) is 5.86. The highest BCUT2D eigenvalue weighted by Crippen LogP contribution is 2.42. The van der Waals surface area contributed by atoms with Gasteiger partial charge in [0.05, 0.1) is 6.54 Å². The first-order valence-electron chi connectivity index (χ1n) is 19.4. The Balaban J connectivity index is 1.39. The van der Waals surface area contributed by atoms with Crippen LogP contribution in [-0.4, -0.2) is 99.2 Å². The summed E-state index contributed by atoms with van der Waals surface area (Å²) in [4.78, 5) is 90.5. The number of hydrogen-bond acceptors (Lipinski definition) is 15. The van der Waals surface area contributed by atoms with E-state index in [2.05, 4.69) is 26.1 Å². The monoisotopic (exact) mass is 878 g/mol. The second-order valence-electron chi connectivity index (χ2n) is 15.8. The van der Waals surface area contributed by atoms with Gasteiger partial charge in [0.15, 0.2) is 16.9 Å². The van der Waals surface area contributed by atoms with Crippen molar-refractivity contribution >= 4 is 69.9 Å². The molecule has 1 fully saturated rings. The Morgan fingerprint density at radius 3 is 2.10 bits per heavy atom. The highest BCUT2D eigenvalue weighted by Gasteiger charge is 2.55. The highest BCUT2D eigenvalue weighted by atomic mass is 32.2. The predicted octanol–water partition coefficient (Wildman–Crippen LogP) is 6.06. The quantitative estimate of drug-likeness (QED) is 0.0521. The minimum Gasteiger partial charge on any atom is -0.461 e. The van der Waals surface area contributed by atoms with E-state index in [0.717, 1.165) is 11.3 Å². The number of rotatable bonds is 15. The van der Waals surface area contributed by atoms with Gasteiger partial charge in [-0.2, -0.15) is 0 Å². The number of ether oxygens (including phenoxy) is 4. The number of amides is 4. The van der Waals surface area contributed by atoms with Gasteiger partial charge in [0, 0.05) is 23.6 Å². The van der Waals surface area contributed by atoms with E-state index in [9.17, 15) is 28.8 Å². The van der Waals surface area contributed by atoms with E-state index in [1.54, 1.807) is 48.5 Å². The van der Waals surface area contributed by atoms with E-state index in [-0.39, 0.29) is 41.1 Å². The Morgan fingerprint density at radius 2 is 1.52 bits per heavy atom. The fraction of sp³-hybridized carbons (Fsp3) is 0.429. The molecule has 1 aromatic heterocycles. The SMILES string of the molecule is CCC(CNC(=O)OC(C)(C)C)ON=C(C(=O)N[C@@H]1C(=O)N2C(C(=O)OC(c3ccccc3)c3ccccc3)=C(COC(C)=O)CS[C@H]12)c1csc(NC(=O)OC(C)(C)C)n1. The summed E-state index contributed by atoms with van der Waals surface area (Å²) in [6, 6.07) is 17.1. The smallest absolute Gasteiger partial charge is 0.413 e. The summed E-state index contributed by atoms with van der Waals surface area (Å²) >= 11 is 2.24. The lowest BCUT2D eigenvalue weighted by Crippen LogP contribution is -2.71. The number of nitrogens with one attached hydrogen (secondary N) is 3. The van der Waals surface area contributed by atoms with Crippen LogP contribution in [0.15, 0.2) is 82.5 Å². The van der Waals surface area contributed by atoms with Crippen LogP contribution < -0.4 is 16.0 Å². The predicted molar refractivity (Wildman–Crippen MR) is 227 cm³/mol. The number of aromatic nitrogens is 1. The van der Waals surface area contributed by atoms with Gasteiger partial charge in [0.1, 0.15) is 46.7 Å². The van der Waals surface area contributed by atoms with Crippen LogP contribution in [0, 0.1) is 0 Å². The minimum atomic E-state index is -1.14. The summed E-state index contributed by atoms with van der Waals surface area (Å²) in [5.74, 6) is -2.72. The lowest BCUT2D eigenvalue weighted by molar-refractivity contribution is -0.154. The molecule has 3 aromatic rings. The van der Waals surface area contributed by atoms with Crippen molar-refractivity contribution in [3.63, 3.8) is 0 Å². The molecule has 3 heterocycles. The van der Waals surface area contributed by atoms with Gasteiger partial charge in [-0.05, 0) is 59.1 Å². The van der Waals surface area contributed by atoms with Gasteiger partial charge in [-0.3, -0.25) is 24.6 Å². The lowest BCUT2D eigenvalue weighted by atomic mass is 10.0. The molecule has 2 aromatic carbocycles. The van der Waals surface area contributed by atoms with Crippen LogP contribution in [-0.2, 0) is 43.0 Å². The fourth-order valence-corrected chi connectivity index (χ4v) is 7.87. The maximum atomic E-state index is 14.2. The summed E-state index contributed by atoms with van der Waals surface area (Å²) in [6.45, 7) is 13.0. The molecule has 326 valence electrons. The molecule has 0 aliphatic carbocycles. The van der Waals surface area contributed by atoms with Crippen molar-refractivity contribution in [2.24, 2.45) is 5.16 Å². The summed E-state index contributed by atoms with van der Waals surface area (Å²) in [5, 5.41) is 12.8. The average Bonchev–Trinajstić information content (AvgIpc) is 3.65. The first kappa shape index (κ1) is 46.1. The number of thiazole rings is 1. The number of benzene rings is 2. The number of β-lactam (4-membered cyclic amide) rings is 1. The first-order chi connectivity index (χ1) is 28.8. The first-order valence-corrected chi connectivity index (χ1v) is 21.3. The molecule has 0 spiro atoms. The number of oxime groups is 1. The molecule has 0 radical (unpaired) electrons. The molecule has 0 bridgehead atoms. The van der Waals surface area contributed by atoms with Crippen molar-refractivity contribution in [3.05, 3.63) is 94.1 Å². The Labute approximate surface area is 361 Å². The number of carbonyl (C=O) groups is 6. The molecule has 2 aliphatic heterocycles. The zero-order chi connectivity index (χ0) is 44.5. The van der Waals surface area contributed by atoms with Crippen LogP contribution in [0.5, 0.6) is 0 Å². The van der Waals surface area contributed by atoms with E-state index < -0.39 is 70.8 Å². The third-order valence-electron chi connectivity index (χ3n) is 8.60. The molecule has 1 saturated heterocycles. The number of thioether (sulfide) groups is 1. The van der Waals surface area contributed by atoms with Gasteiger partial charge in [-0.25, -0.2) is 19.4 Å². The van der Waals surface area contributed by atoms with Gasteiger partial charge in [-0.1, -0.05) is 72.7 Å². The molecule has 0 saturated carbocycles. The van der Waals surface area contributed by atoms with Gasteiger partial charge in [-0.15, -0.1) is 23.1 Å². The van der Waals surface area contributed by atoms with Crippen LogP contribution in [0.4, 0.5) is 14.7 Å². The molecule has 1 unspecified atom stereocenters. The number of alkyl carbamates (subject to hydrolysis) is 1. The normalized spacial score (nSPS) is 17.0. The number of hydrogen-bond donors (Lipinski definition) is 3. The zero-order valence-corrected chi connectivity index (χ0v) is 36.8. The zero-order valence-electron chi connectivity index (χ0n) is 35.1. The Bertz CT molecular complexity index is 2110. The van der Waals surface area contributed by atoms with Gasteiger partial charge in [0.2, 0.25) is 0 Å². The van der Waals surface area contributed by atoms with E-state index in [1.807, 2.05) is 60.7 Å². The van der Waals surface area contributed by atoms with Crippen LogP contribution in [0.2, 0.25) is 0 Å². The molecule has 3 atom stereocenters. The second-order valence-corrected chi connectivity index (χ2v) is 17.8. The maximum Gasteiger partial charge on any atom is 0.413 e. The van der Waals surface area contributed by atoms with Gasteiger partial charge in [0.25, 0.3) is 11.8 Å². The molecular weight excluding hydrogens is 829 g/mol. The summed E-state index contributed by atoms with van der Waals surface area (Å²) < 4.78 is 22.1. The maximum absolute atomic E-state index is 14.2. The molecule has 2 aliphatic rings. The van der Waals surface area contributed by atoms with Crippen LogP contribution in [0.3, 0.4) is 0 Å². The third-order valence-corrected chi connectivity index (χ3v) is 10.7. The number of anilines is 1. The van der Waals surface area contributed by atoms with Crippen LogP contribution in [0.25, 0.3) is 0 Å². The number of carbonyl (C=O) groups excluding carboxylic acids is 6. The van der Waals surface area contributed by atoms with Crippen molar-refractivity contribution in [2.75, 3.05) is 24.2 Å². The lowest BCUT2D eigenvalue weighted by Gasteiger charge is -2.49. The number of fused-ring (bicyclic) bond motifs is 1. The van der Waals surface area contributed by atoms with Gasteiger partial charge >= 0.3 is 24.1 Å². The Hall–Kier alpha value is -5.95. The van der Waals surface area contributed by atoms with E-state index in [0.29, 0.717) is 23.1 Å². The standard InChI is InChI=1S/C42H50N6O11S2/c1-9-28(20-43-39(53)57-41(3,4)5)59-47-30(29-23-61-38(44-29)46-40(54)58-42(6,7)8)34(50)45-31-35(51)48-32(27(21-55-24(2)49)22-60-36(31)48)37(52)56-33(25-16-12-10-13-17-25)26-18-14-11-15-19-26/h10-19,23,28,31,33,36H,9,20-22H2,1-8H3,(H,43,53)(H,45,50)(H,44,46,54)/t28?,31-,36-/m1/s1. The van der Waals surface area contributed by atoms with Crippen molar-refractivity contribution < 1.29 is 52.6 Å². The topological polar surface area (TPSA) is 213 Å². The molecular formula is C42H50N6O11S2. The molecule has 5 rings (SSSR count). The number of nitrogens with zero attached hydrogens (tertiary/aromatic N) is 3. The third kappa shape index (κ3) is 12.8. The second kappa shape index (κ2) is 20.1. The molecule has 4 amide bonds. The highest BCUT2D eigenvalue weighted by molar-refractivity contribution is 8.00. The van der Waals surface area contributed by atoms with Crippen molar-refractivity contribution in [1.29, 1.82) is 0 Å². The van der Waals surface area contributed by atoms with E-state index in [4.69, 9.17) is 23.8 Å². The summed E-state index contributed by atoms with van der Waals surface area (Å²) in [6.07, 6.45) is -2.63. The van der Waals surface area contributed by atoms with Gasteiger partial charge < -0.3 is 34.4 Å². The van der Waals surface area contributed by atoms with E-state index in [1.165, 1.54) is 29.0 Å². The van der Waals surface area contributed by atoms with Crippen molar-refractivity contribution in [2.45, 2.75) is 96.6 Å². The molecule has 61 heavy (non-hydrogen) atoms.